The number of benzene rings is 1. The zero-order chi connectivity index (χ0) is 11.4. The van der Waals surface area contributed by atoms with Crippen LogP contribution in [0, 0.1) is 0 Å². The molecule has 0 fully saturated rings. The SMILES string of the molecule is COC(=O)c1cc(N)cc(OC(C)=O)c1. The predicted molar refractivity (Wildman–Crippen MR) is 53.5 cm³/mol. The van der Waals surface area contributed by atoms with Crippen LogP contribution in [0.1, 0.15) is 17.3 Å². The lowest BCUT2D eigenvalue weighted by Crippen LogP contribution is -2.06. The van der Waals surface area contributed by atoms with E-state index < -0.39 is 11.9 Å². The summed E-state index contributed by atoms with van der Waals surface area (Å²) >= 11 is 0. The highest BCUT2D eigenvalue weighted by molar-refractivity contribution is 5.91. The van der Waals surface area contributed by atoms with Gasteiger partial charge in [-0.1, -0.05) is 0 Å². The Bertz CT molecular complexity index is 400. The van der Waals surface area contributed by atoms with Crippen molar-refractivity contribution in [1.82, 2.24) is 0 Å². The first-order valence-electron chi connectivity index (χ1n) is 4.20. The molecule has 0 saturated carbocycles. The lowest BCUT2D eigenvalue weighted by molar-refractivity contribution is -0.131. The zero-order valence-electron chi connectivity index (χ0n) is 8.44. The number of nitrogen functional groups attached to an aromatic ring is 1. The van der Waals surface area contributed by atoms with Gasteiger partial charge in [-0.25, -0.2) is 4.79 Å². The molecule has 80 valence electrons. The molecule has 5 heteroatoms. The van der Waals surface area contributed by atoms with Gasteiger partial charge < -0.3 is 15.2 Å². The minimum Gasteiger partial charge on any atom is -0.465 e. The van der Waals surface area contributed by atoms with Gasteiger partial charge in [-0.2, -0.15) is 0 Å². The first kappa shape index (κ1) is 11.0. The highest BCUT2D eigenvalue weighted by atomic mass is 16.5. The van der Waals surface area contributed by atoms with E-state index in [9.17, 15) is 9.59 Å². The fraction of sp³-hybridized carbons (Fsp3) is 0.200. The van der Waals surface area contributed by atoms with E-state index in [1.807, 2.05) is 0 Å². The second-order valence-corrected chi connectivity index (χ2v) is 2.88. The Morgan fingerprint density at radius 1 is 1.27 bits per heavy atom. The van der Waals surface area contributed by atoms with Crippen LogP contribution in [-0.2, 0) is 9.53 Å². The molecular formula is C10H11NO4. The number of anilines is 1. The molecular weight excluding hydrogens is 198 g/mol. The number of carbonyl (C=O) groups is 2. The summed E-state index contributed by atoms with van der Waals surface area (Å²) in [5, 5.41) is 0. The Hall–Kier alpha value is -2.04. The molecule has 1 rings (SSSR count). The van der Waals surface area contributed by atoms with Crippen LogP contribution in [0.25, 0.3) is 0 Å². The molecule has 0 aliphatic carbocycles. The molecule has 0 spiro atoms. The molecule has 0 aliphatic heterocycles. The molecule has 1 aromatic carbocycles. The van der Waals surface area contributed by atoms with E-state index in [4.69, 9.17) is 10.5 Å². The summed E-state index contributed by atoms with van der Waals surface area (Å²) in [7, 11) is 1.26. The third kappa shape index (κ3) is 2.98. The molecule has 2 N–H and O–H groups in total. The Labute approximate surface area is 86.8 Å². The molecule has 0 radical (unpaired) electrons. The monoisotopic (exact) mass is 209 g/mol. The van der Waals surface area contributed by atoms with Gasteiger partial charge in [0.1, 0.15) is 5.75 Å². The number of esters is 2. The van der Waals surface area contributed by atoms with Crippen molar-refractivity contribution in [2.45, 2.75) is 6.92 Å². The maximum Gasteiger partial charge on any atom is 0.338 e. The Morgan fingerprint density at radius 3 is 2.47 bits per heavy atom. The molecule has 0 aliphatic rings. The first-order chi connectivity index (χ1) is 7.02. The minimum atomic E-state index is -0.532. The fourth-order valence-corrected chi connectivity index (χ4v) is 1.08. The van der Waals surface area contributed by atoms with Gasteiger partial charge in [0, 0.05) is 18.7 Å². The van der Waals surface area contributed by atoms with E-state index >= 15 is 0 Å². The van der Waals surface area contributed by atoms with Crippen molar-refractivity contribution >= 4 is 17.6 Å². The highest BCUT2D eigenvalue weighted by Gasteiger charge is 2.09. The molecule has 5 nitrogen and oxygen atoms in total. The average molecular weight is 209 g/mol. The van der Waals surface area contributed by atoms with Crippen LogP contribution in [0.4, 0.5) is 5.69 Å². The number of rotatable bonds is 2. The second-order valence-electron chi connectivity index (χ2n) is 2.88. The van der Waals surface area contributed by atoms with Crippen LogP contribution < -0.4 is 10.5 Å². The normalized spacial score (nSPS) is 9.47. The van der Waals surface area contributed by atoms with E-state index in [0.29, 0.717) is 5.69 Å². The summed E-state index contributed by atoms with van der Waals surface area (Å²) in [5.41, 5.74) is 6.10. The third-order valence-electron chi connectivity index (χ3n) is 1.61. The van der Waals surface area contributed by atoms with E-state index in [-0.39, 0.29) is 11.3 Å². The minimum absolute atomic E-state index is 0.225. The van der Waals surface area contributed by atoms with Gasteiger partial charge in [0.15, 0.2) is 0 Å². The van der Waals surface area contributed by atoms with Gasteiger partial charge >= 0.3 is 11.9 Å². The van der Waals surface area contributed by atoms with Crippen molar-refractivity contribution < 1.29 is 19.1 Å². The number of ether oxygens (including phenoxy) is 2. The van der Waals surface area contributed by atoms with Gasteiger partial charge in [0.2, 0.25) is 0 Å². The van der Waals surface area contributed by atoms with Crippen molar-refractivity contribution in [3.05, 3.63) is 23.8 Å². The Kier molecular flexibility index (Phi) is 3.28. The Morgan fingerprint density at radius 2 is 1.93 bits per heavy atom. The lowest BCUT2D eigenvalue weighted by Gasteiger charge is -2.05. The maximum absolute atomic E-state index is 11.2. The smallest absolute Gasteiger partial charge is 0.338 e. The lowest BCUT2D eigenvalue weighted by atomic mass is 10.2. The van der Waals surface area contributed by atoms with E-state index in [2.05, 4.69) is 4.74 Å². The first-order valence-corrected chi connectivity index (χ1v) is 4.20. The number of hydrogen-bond acceptors (Lipinski definition) is 5. The van der Waals surface area contributed by atoms with Crippen molar-refractivity contribution in [2.24, 2.45) is 0 Å². The zero-order valence-corrected chi connectivity index (χ0v) is 8.44. The largest absolute Gasteiger partial charge is 0.465 e. The molecule has 0 amide bonds. The van der Waals surface area contributed by atoms with Crippen molar-refractivity contribution in [3.63, 3.8) is 0 Å². The van der Waals surface area contributed by atoms with Crippen LogP contribution in [-0.4, -0.2) is 19.0 Å². The molecule has 0 saturated heterocycles. The molecule has 0 bridgehead atoms. The standard InChI is InChI=1S/C10H11NO4/c1-6(12)15-9-4-7(10(13)14-2)3-8(11)5-9/h3-5H,11H2,1-2H3. The second kappa shape index (κ2) is 4.45. The van der Waals surface area contributed by atoms with Crippen LogP contribution >= 0.6 is 0 Å². The Balaban J connectivity index is 3.04. The van der Waals surface area contributed by atoms with E-state index in [1.54, 1.807) is 0 Å². The summed E-state index contributed by atoms with van der Waals surface area (Å²) in [6.45, 7) is 1.26. The average Bonchev–Trinajstić information content (AvgIpc) is 2.14. The van der Waals surface area contributed by atoms with Gasteiger partial charge in [-0.3, -0.25) is 4.79 Å². The number of carbonyl (C=O) groups excluding carboxylic acids is 2. The topological polar surface area (TPSA) is 78.6 Å². The van der Waals surface area contributed by atoms with Gasteiger partial charge in [0.25, 0.3) is 0 Å². The molecule has 1 aromatic rings. The summed E-state index contributed by atoms with van der Waals surface area (Å²) in [6.07, 6.45) is 0. The molecule has 0 unspecified atom stereocenters. The van der Waals surface area contributed by atoms with E-state index in [1.165, 1.54) is 32.2 Å². The third-order valence-corrected chi connectivity index (χ3v) is 1.61. The number of methoxy groups -OCH3 is 1. The predicted octanol–water partition coefficient (Wildman–Crippen LogP) is 0.981. The highest BCUT2D eigenvalue weighted by Crippen LogP contribution is 2.19. The molecule has 0 atom stereocenters. The fourth-order valence-electron chi connectivity index (χ4n) is 1.08. The van der Waals surface area contributed by atoms with Gasteiger partial charge in [-0.05, 0) is 12.1 Å². The number of hydrogen-bond donors (Lipinski definition) is 1. The molecule has 15 heavy (non-hydrogen) atoms. The number of nitrogens with two attached hydrogens (primary N) is 1. The van der Waals surface area contributed by atoms with Crippen LogP contribution in [0.5, 0.6) is 5.75 Å². The van der Waals surface area contributed by atoms with Crippen molar-refractivity contribution in [2.75, 3.05) is 12.8 Å². The van der Waals surface area contributed by atoms with Crippen molar-refractivity contribution in [3.8, 4) is 5.75 Å². The van der Waals surface area contributed by atoms with Gasteiger partial charge in [-0.15, -0.1) is 0 Å². The van der Waals surface area contributed by atoms with Crippen LogP contribution in [0.15, 0.2) is 18.2 Å². The van der Waals surface area contributed by atoms with Crippen LogP contribution in [0.2, 0.25) is 0 Å². The molecule has 0 heterocycles. The summed E-state index contributed by atoms with van der Waals surface area (Å²) < 4.78 is 9.32. The van der Waals surface area contributed by atoms with Gasteiger partial charge in [0.05, 0.1) is 12.7 Å². The maximum atomic E-state index is 11.2. The van der Waals surface area contributed by atoms with E-state index in [0.717, 1.165) is 0 Å². The quantitative estimate of drug-likeness (QED) is 0.446. The summed E-state index contributed by atoms with van der Waals surface area (Å²) in [5.74, 6) is -0.782. The van der Waals surface area contributed by atoms with Crippen molar-refractivity contribution in [1.29, 1.82) is 0 Å². The molecule has 0 aromatic heterocycles. The van der Waals surface area contributed by atoms with Crippen LogP contribution in [0.3, 0.4) is 0 Å². The summed E-state index contributed by atoms with van der Waals surface area (Å²) in [4.78, 5) is 21.9. The summed E-state index contributed by atoms with van der Waals surface area (Å²) in [6, 6.07) is 4.29.